The van der Waals surface area contributed by atoms with Crippen molar-refractivity contribution in [1.29, 1.82) is 0 Å². The molecular weight excluding hydrogens is 418 g/mol. The number of methoxy groups -OCH3 is 1. The Morgan fingerprint density at radius 1 is 0.844 bits per heavy atom. The maximum absolute atomic E-state index is 13.3. The summed E-state index contributed by atoms with van der Waals surface area (Å²) in [6.45, 7) is 0. The van der Waals surface area contributed by atoms with E-state index in [-0.39, 0.29) is 11.5 Å². The summed E-state index contributed by atoms with van der Waals surface area (Å²) in [5.41, 5.74) is 3.39. The molecule has 6 rings (SSSR count). The number of hydrogen-bond acceptors (Lipinski definition) is 4. The molecule has 6 heteroatoms. The summed E-state index contributed by atoms with van der Waals surface area (Å²) in [6.07, 6.45) is 0. The van der Waals surface area contributed by atoms with Crippen LogP contribution < -0.4 is 15.6 Å². The second-order valence-corrected chi connectivity index (χ2v) is 8.35. The number of benzene rings is 4. The van der Waals surface area contributed by atoms with Crippen LogP contribution in [0.4, 0.5) is 11.5 Å². The summed E-state index contributed by atoms with van der Waals surface area (Å²) >= 11 is 5.26. The van der Waals surface area contributed by atoms with Crippen LogP contribution in [-0.4, -0.2) is 17.1 Å². The molecule has 0 fully saturated rings. The van der Waals surface area contributed by atoms with Crippen molar-refractivity contribution in [3.05, 3.63) is 105 Å². The zero-order chi connectivity index (χ0) is 21.8. The van der Waals surface area contributed by atoms with E-state index in [0.717, 1.165) is 44.1 Å². The molecule has 1 unspecified atom stereocenters. The van der Waals surface area contributed by atoms with Crippen LogP contribution in [0.2, 0.25) is 0 Å². The van der Waals surface area contributed by atoms with Gasteiger partial charge < -0.3 is 15.0 Å². The van der Waals surface area contributed by atoms with Crippen LogP contribution in [-0.2, 0) is 0 Å². The van der Waals surface area contributed by atoms with E-state index in [1.165, 1.54) is 0 Å². The molecule has 0 saturated carbocycles. The first-order valence-corrected chi connectivity index (χ1v) is 10.8. The Morgan fingerprint density at radius 3 is 2.22 bits per heavy atom. The number of ether oxygens (including phenoxy) is 1. The predicted molar refractivity (Wildman–Crippen MR) is 131 cm³/mol. The van der Waals surface area contributed by atoms with Gasteiger partial charge in [0.1, 0.15) is 11.6 Å². The van der Waals surface area contributed by atoms with Gasteiger partial charge >= 0.3 is 0 Å². The Kier molecular flexibility index (Phi) is 4.16. The van der Waals surface area contributed by atoms with E-state index < -0.39 is 0 Å². The van der Waals surface area contributed by atoms with Gasteiger partial charge in [-0.3, -0.25) is 9.78 Å². The summed E-state index contributed by atoms with van der Waals surface area (Å²) in [5, 5.41) is 7.85. The number of aromatic amines is 2. The minimum Gasteiger partial charge on any atom is -0.497 e. The van der Waals surface area contributed by atoms with Crippen molar-refractivity contribution < 1.29 is 4.74 Å². The lowest BCUT2D eigenvalue weighted by molar-refractivity contribution is 0.414. The van der Waals surface area contributed by atoms with Crippen molar-refractivity contribution in [3.8, 4) is 5.75 Å². The Bertz CT molecular complexity index is 1600. The molecule has 156 valence electrons. The van der Waals surface area contributed by atoms with E-state index in [1.54, 1.807) is 7.11 Å². The molecule has 0 saturated heterocycles. The number of hydrogen-bond donors (Lipinski definition) is 3. The number of aromatic nitrogens is 2. The maximum Gasteiger partial charge on any atom is 0.257 e. The highest BCUT2D eigenvalue weighted by atomic mass is 32.1. The second-order valence-electron chi connectivity index (χ2n) is 7.94. The standard InChI is InChI=1S/C26H19N3O2S/c1-31-16-10-11-20-19(13-16)22(23-24(27-20)28-26(32)29-25(23)30)21-17-8-4-2-6-14(17)12-15-7-3-5-9-18(15)21/h2-13,22H,1H3,(H3,27,28,29,30,32). The van der Waals surface area contributed by atoms with E-state index in [1.807, 2.05) is 42.5 Å². The molecule has 1 atom stereocenters. The molecule has 0 aliphatic carbocycles. The molecule has 0 bridgehead atoms. The lowest BCUT2D eigenvalue weighted by atomic mass is 9.78. The largest absolute Gasteiger partial charge is 0.497 e. The minimum absolute atomic E-state index is 0.202. The first kappa shape index (κ1) is 18.8. The fourth-order valence-corrected chi connectivity index (χ4v) is 5.04. The van der Waals surface area contributed by atoms with Crippen LogP contribution in [0.1, 0.15) is 22.6 Å². The highest BCUT2D eigenvalue weighted by Gasteiger charge is 2.33. The van der Waals surface area contributed by atoms with Gasteiger partial charge in [0.05, 0.1) is 12.7 Å². The predicted octanol–water partition coefficient (Wildman–Crippen LogP) is 5.98. The first-order chi connectivity index (χ1) is 15.6. The zero-order valence-electron chi connectivity index (χ0n) is 17.2. The van der Waals surface area contributed by atoms with Gasteiger partial charge in [0, 0.05) is 11.6 Å². The number of nitrogens with one attached hydrogen (secondary N) is 3. The number of rotatable bonds is 2. The van der Waals surface area contributed by atoms with Gasteiger partial charge in [0.15, 0.2) is 4.77 Å². The maximum atomic E-state index is 13.3. The SMILES string of the molecule is COc1ccc2c(c1)C(c1c3ccccc3cc3ccccc13)c1c([nH]c(=S)[nH]c1=O)N2. The van der Waals surface area contributed by atoms with Crippen molar-refractivity contribution in [2.75, 3.05) is 12.4 Å². The summed E-state index contributed by atoms with van der Waals surface area (Å²) in [5.74, 6) is 1.05. The molecule has 4 aromatic carbocycles. The molecule has 0 amide bonds. The topological polar surface area (TPSA) is 69.9 Å². The van der Waals surface area contributed by atoms with Gasteiger partial charge in [-0.1, -0.05) is 48.5 Å². The van der Waals surface area contributed by atoms with Crippen LogP contribution in [0, 0.1) is 4.77 Å². The van der Waals surface area contributed by atoms with Crippen molar-refractivity contribution in [2.24, 2.45) is 0 Å². The van der Waals surface area contributed by atoms with E-state index in [0.29, 0.717) is 16.2 Å². The number of fused-ring (bicyclic) bond motifs is 4. The van der Waals surface area contributed by atoms with Crippen LogP contribution in [0.25, 0.3) is 21.5 Å². The molecule has 5 nitrogen and oxygen atoms in total. The second kappa shape index (κ2) is 7.07. The minimum atomic E-state index is -0.317. The molecule has 0 spiro atoms. The van der Waals surface area contributed by atoms with Crippen molar-refractivity contribution in [3.63, 3.8) is 0 Å². The lowest BCUT2D eigenvalue weighted by Gasteiger charge is -2.30. The van der Waals surface area contributed by atoms with E-state index in [4.69, 9.17) is 17.0 Å². The number of H-pyrrole nitrogens is 2. The smallest absolute Gasteiger partial charge is 0.257 e. The zero-order valence-corrected chi connectivity index (χ0v) is 18.0. The third-order valence-electron chi connectivity index (χ3n) is 6.20. The Hall–Kier alpha value is -3.90. The number of anilines is 2. The average molecular weight is 438 g/mol. The molecule has 1 aromatic heterocycles. The van der Waals surface area contributed by atoms with Crippen LogP contribution >= 0.6 is 12.2 Å². The molecule has 3 N–H and O–H groups in total. The van der Waals surface area contributed by atoms with Gasteiger partial charge in [0.25, 0.3) is 5.56 Å². The van der Waals surface area contributed by atoms with Gasteiger partial charge in [-0.15, -0.1) is 0 Å². The van der Waals surface area contributed by atoms with E-state index >= 15 is 0 Å². The van der Waals surface area contributed by atoms with E-state index in [2.05, 4.69) is 45.6 Å². The first-order valence-electron chi connectivity index (χ1n) is 10.4. The lowest BCUT2D eigenvalue weighted by Crippen LogP contribution is -2.26. The fourth-order valence-electron chi connectivity index (χ4n) is 4.84. The molecule has 1 aliphatic rings. The van der Waals surface area contributed by atoms with Crippen LogP contribution in [0.15, 0.2) is 77.6 Å². The summed E-state index contributed by atoms with van der Waals surface area (Å²) < 4.78 is 5.83. The summed E-state index contributed by atoms with van der Waals surface area (Å²) in [6, 6.07) is 24.7. The fraction of sp³-hybridized carbons (Fsp3) is 0.0769. The molecule has 32 heavy (non-hydrogen) atoms. The van der Waals surface area contributed by atoms with Crippen molar-refractivity contribution in [2.45, 2.75) is 5.92 Å². The molecule has 2 heterocycles. The third kappa shape index (κ3) is 2.77. The van der Waals surface area contributed by atoms with Crippen molar-refractivity contribution >= 4 is 45.3 Å². The normalized spacial score (nSPS) is 14.6. The van der Waals surface area contributed by atoms with E-state index in [9.17, 15) is 4.79 Å². The monoisotopic (exact) mass is 437 g/mol. The Morgan fingerprint density at radius 2 is 1.53 bits per heavy atom. The summed E-state index contributed by atoms with van der Waals surface area (Å²) in [7, 11) is 1.65. The van der Waals surface area contributed by atoms with Crippen molar-refractivity contribution in [1.82, 2.24) is 9.97 Å². The van der Waals surface area contributed by atoms with Gasteiger partial charge in [-0.05, 0) is 69.2 Å². The highest BCUT2D eigenvalue weighted by Crippen LogP contribution is 2.47. The highest BCUT2D eigenvalue weighted by molar-refractivity contribution is 7.71. The Labute approximate surface area is 188 Å². The average Bonchev–Trinajstić information content (AvgIpc) is 2.81. The van der Waals surface area contributed by atoms with Gasteiger partial charge in [-0.25, -0.2) is 0 Å². The quantitative estimate of drug-likeness (QED) is 0.230. The molecular formula is C26H19N3O2S. The molecule has 0 radical (unpaired) electrons. The molecule has 1 aliphatic heterocycles. The van der Waals surface area contributed by atoms with Crippen LogP contribution in [0.5, 0.6) is 5.75 Å². The van der Waals surface area contributed by atoms with Crippen LogP contribution in [0.3, 0.4) is 0 Å². The van der Waals surface area contributed by atoms with Gasteiger partial charge in [-0.2, -0.15) is 0 Å². The Balaban J connectivity index is 1.81. The molecule has 5 aromatic rings. The van der Waals surface area contributed by atoms with Gasteiger partial charge in [0.2, 0.25) is 0 Å². The summed E-state index contributed by atoms with van der Waals surface area (Å²) in [4.78, 5) is 19.2. The third-order valence-corrected chi connectivity index (χ3v) is 6.40.